The highest BCUT2D eigenvalue weighted by atomic mass is 16.3. The zero-order chi connectivity index (χ0) is 19.8. The van der Waals surface area contributed by atoms with Crippen LogP contribution in [0.1, 0.15) is 76.3 Å². The number of fused-ring (bicyclic) bond motifs is 3. The average Bonchev–Trinajstić information content (AvgIpc) is 3.39. The lowest BCUT2D eigenvalue weighted by Crippen LogP contribution is -2.58. The second kappa shape index (κ2) is 7.99. The van der Waals surface area contributed by atoms with Crippen LogP contribution < -0.4 is 5.32 Å². The number of amides is 1. The van der Waals surface area contributed by atoms with Crippen molar-refractivity contribution < 1.29 is 9.90 Å². The molecule has 2 N–H and O–H groups in total. The van der Waals surface area contributed by atoms with Gasteiger partial charge in [0, 0.05) is 18.6 Å². The van der Waals surface area contributed by atoms with E-state index in [1.807, 2.05) is 10.9 Å². The monoisotopic (exact) mass is 401 g/mol. The van der Waals surface area contributed by atoms with Crippen LogP contribution in [0.3, 0.4) is 0 Å². The molecule has 2 aliphatic carbocycles. The standard InChI is InChI=1S/C22H35N5O2/c28-21(23-17-6-2-1-3-7-17)19-14-26-11-8-16(19)12-18(26)13-27-15-20(24-25-27)22(29)9-4-5-10-22/h15-19,29H,1-14H2,(H,23,28)/t16-,18+,19-/m0/s1. The van der Waals surface area contributed by atoms with Gasteiger partial charge < -0.3 is 10.4 Å². The van der Waals surface area contributed by atoms with Crippen LogP contribution in [0.4, 0.5) is 0 Å². The molecule has 1 aromatic heterocycles. The van der Waals surface area contributed by atoms with Crippen LogP contribution in [-0.4, -0.2) is 56.1 Å². The van der Waals surface area contributed by atoms with Gasteiger partial charge in [-0.1, -0.05) is 37.3 Å². The number of hydrogen-bond donors (Lipinski definition) is 2. The topological polar surface area (TPSA) is 83.3 Å². The van der Waals surface area contributed by atoms with Gasteiger partial charge in [0.05, 0.1) is 18.7 Å². The highest BCUT2D eigenvalue weighted by Gasteiger charge is 2.44. The summed E-state index contributed by atoms with van der Waals surface area (Å²) in [5.74, 6) is 0.916. The first-order valence-corrected chi connectivity index (χ1v) is 11.8. The minimum Gasteiger partial charge on any atom is -0.383 e. The Bertz CT molecular complexity index is 723. The molecular formula is C22H35N5O2. The molecule has 1 unspecified atom stereocenters. The van der Waals surface area contributed by atoms with Crippen molar-refractivity contribution in [1.29, 1.82) is 0 Å². The van der Waals surface area contributed by atoms with Gasteiger partial charge in [0.1, 0.15) is 11.3 Å². The van der Waals surface area contributed by atoms with Gasteiger partial charge in [0.2, 0.25) is 5.91 Å². The Kier molecular flexibility index (Phi) is 5.37. The highest BCUT2D eigenvalue weighted by molar-refractivity contribution is 5.79. The number of nitrogens with zero attached hydrogens (tertiary/aromatic N) is 4. The Morgan fingerprint density at radius 3 is 2.69 bits per heavy atom. The van der Waals surface area contributed by atoms with Crippen molar-refractivity contribution in [2.24, 2.45) is 11.8 Å². The molecule has 29 heavy (non-hydrogen) atoms. The SMILES string of the molecule is O=C(NC1CCCCC1)[C@H]1CN2CC[C@H]1C[C@@H]2Cn1cc(C2(O)CCCC2)nn1. The van der Waals surface area contributed by atoms with Crippen molar-refractivity contribution >= 4 is 5.91 Å². The summed E-state index contributed by atoms with van der Waals surface area (Å²) in [6.07, 6.45) is 14.0. The molecule has 160 valence electrons. The molecule has 6 rings (SSSR count). The fraction of sp³-hybridized carbons (Fsp3) is 0.864. The molecule has 3 saturated heterocycles. The van der Waals surface area contributed by atoms with Gasteiger partial charge in [-0.2, -0.15) is 0 Å². The second-order valence-corrected chi connectivity index (χ2v) is 9.95. The summed E-state index contributed by atoms with van der Waals surface area (Å²) in [7, 11) is 0. The number of rotatable bonds is 5. The van der Waals surface area contributed by atoms with Crippen molar-refractivity contribution in [3.63, 3.8) is 0 Å². The number of carbonyl (C=O) groups is 1. The van der Waals surface area contributed by atoms with Crippen molar-refractivity contribution in [3.8, 4) is 0 Å². The van der Waals surface area contributed by atoms with Gasteiger partial charge >= 0.3 is 0 Å². The van der Waals surface area contributed by atoms with Crippen molar-refractivity contribution in [2.75, 3.05) is 13.1 Å². The van der Waals surface area contributed by atoms with Crippen LogP contribution >= 0.6 is 0 Å². The molecule has 2 bridgehead atoms. The predicted molar refractivity (Wildman–Crippen MR) is 109 cm³/mol. The van der Waals surface area contributed by atoms with Crippen molar-refractivity contribution in [3.05, 3.63) is 11.9 Å². The van der Waals surface area contributed by atoms with E-state index in [-0.39, 0.29) is 11.8 Å². The maximum Gasteiger partial charge on any atom is 0.224 e. The Morgan fingerprint density at radius 1 is 1.17 bits per heavy atom. The van der Waals surface area contributed by atoms with E-state index < -0.39 is 5.60 Å². The van der Waals surface area contributed by atoms with E-state index in [1.165, 1.54) is 19.3 Å². The summed E-state index contributed by atoms with van der Waals surface area (Å²) in [6.45, 7) is 2.75. The molecule has 0 spiro atoms. The molecule has 0 radical (unpaired) electrons. The predicted octanol–water partition coefficient (Wildman–Crippen LogP) is 2.20. The Hall–Kier alpha value is -1.47. The Balaban J connectivity index is 1.18. The fourth-order valence-electron chi connectivity index (χ4n) is 6.21. The number of aromatic nitrogens is 3. The molecule has 2 saturated carbocycles. The first kappa shape index (κ1) is 19.5. The molecule has 3 aliphatic heterocycles. The third-order valence-electron chi connectivity index (χ3n) is 8.01. The molecule has 4 atom stereocenters. The molecule has 7 nitrogen and oxygen atoms in total. The number of carbonyl (C=O) groups excluding carboxylic acids is 1. The third kappa shape index (κ3) is 3.96. The third-order valence-corrected chi connectivity index (χ3v) is 8.01. The summed E-state index contributed by atoms with van der Waals surface area (Å²) in [4.78, 5) is 15.4. The molecular weight excluding hydrogens is 366 g/mol. The Morgan fingerprint density at radius 2 is 1.97 bits per heavy atom. The number of piperidine rings is 3. The molecule has 5 fully saturated rings. The van der Waals surface area contributed by atoms with Gasteiger partial charge in [-0.3, -0.25) is 14.4 Å². The van der Waals surface area contributed by atoms with Gasteiger partial charge in [-0.15, -0.1) is 5.10 Å². The quantitative estimate of drug-likeness (QED) is 0.790. The van der Waals surface area contributed by atoms with E-state index in [2.05, 4.69) is 20.5 Å². The van der Waals surface area contributed by atoms with Crippen LogP contribution in [-0.2, 0) is 16.9 Å². The molecule has 4 heterocycles. The fourth-order valence-corrected chi connectivity index (χ4v) is 6.21. The Labute approximate surface area is 173 Å². The largest absolute Gasteiger partial charge is 0.383 e. The summed E-state index contributed by atoms with van der Waals surface area (Å²) < 4.78 is 1.91. The minimum atomic E-state index is -0.771. The molecule has 1 amide bonds. The van der Waals surface area contributed by atoms with Gasteiger partial charge in [-0.05, 0) is 51.0 Å². The summed E-state index contributed by atoms with van der Waals surface area (Å²) in [5.41, 5.74) is -0.0393. The van der Waals surface area contributed by atoms with Gasteiger partial charge in [-0.25, -0.2) is 0 Å². The smallest absolute Gasteiger partial charge is 0.224 e. The number of nitrogens with one attached hydrogen (secondary N) is 1. The van der Waals surface area contributed by atoms with E-state index in [9.17, 15) is 9.90 Å². The van der Waals surface area contributed by atoms with Crippen LogP contribution in [0.15, 0.2) is 6.20 Å². The van der Waals surface area contributed by atoms with Crippen LogP contribution in [0.2, 0.25) is 0 Å². The summed E-state index contributed by atoms with van der Waals surface area (Å²) in [6, 6.07) is 0.817. The number of aliphatic hydroxyl groups is 1. The molecule has 1 aromatic rings. The zero-order valence-electron chi connectivity index (χ0n) is 17.4. The van der Waals surface area contributed by atoms with E-state index >= 15 is 0 Å². The lowest BCUT2D eigenvalue weighted by Gasteiger charge is -2.49. The number of hydrogen-bond acceptors (Lipinski definition) is 5. The van der Waals surface area contributed by atoms with Crippen LogP contribution in [0, 0.1) is 11.8 Å². The lowest BCUT2D eigenvalue weighted by molar-refractivity contribution is -0.134. The normalized spacial score (nSPS) is 34.4. The van der Waals surface area contributed by atoms with Gasteiger partial charge in [0.25, 0.3) is 0 Å². The van der Waals surface area contributed by atoms with E-state index in [0.717, 1.165) is 76.7 Å². The molecule has 7 heteroatoms. The first-order chi connectivity index (χ1) is 14.1. The van der Waals surface area contributed by atoms with E-state index in [0.29, 0.717) is 18.0 Å². The van der Waals surface area contributed by atoms with Gasteiger partial charge in [0.15, 0.2) is 0 Å². The summed E-state index contributed by atoms with van der Waals surface area (Å²) in [5, 5.41) is 22.7. The van der Waals surface area contributed by atoms with E-state index in [4.69, 9.17) is 0 Å². The minimum absolute atomic E-state index is 0.146. The zero-order valence-corrected chi connectivity index (χ0v) is 17.4. The average molecular weight is 402 g/mol. The maximum absolute atomic E-state index is 12.9. The molecule has 0 aromatic carbocycles. The lowest BCUT2D eigenvalue weighted by atomic mass is 9.75. The first-order valence-electron chi connectivity index (χ1n) is 11.8. The van der Waals surface area contributed by atoms with Crippen molar-refractivity contribution in [1.82, 2.24) is 25.2 Å². The van der Waals surface area contributed by atoms with E-state index in [1.54, 1.807) is 0 Å². The van der Waals surface area contributed by atoms with Crippen LogP contribution in [0.25, 0.3) is 0 Å². The maximum atomic E-state index is 12.9. The molecule has 5 aliphatic rings. The van der Waals surface area contributed by atoms with Crippen molar-refractivity contribution in [2.45, 2.75) is 94.9 Å². The van der Waals surface area contributed by atoms with Crippen LogP contribution in [0.5, 0.6) is 0 Å². The highest BCUT2D eigenvalue weighted by Crippen LogP contribution is 2.39. The second-order valence-electron chi connectivity index (χ2n) is 9.95. The summed E-state index contributed by atoms with van der Waals surface area (Å²) >= 11 is 0.